The summed E-state index contributed by atoms with van der Waals surface area (Å²) in [7, 11) is 0.662. The smallest absolute Gasteiger partial charge is 0.285 e. The Balaban J connectivity index is 1.45. The van der Waals surface area contributed by atoms with Crippen molar-refractivity contribution < 1.29 is 23.2 Å². The predicted molar refractivity (Wildman–Crippen MR) is 172 cm³/mol. The van der Waals surface area contributed by atoms with Gasteiger partial charge in [-0.1, -0.05) is 42.8 Å². The van der Waals surface area contributed by atoms with Crippen LogP contribution in [0.25, 0.3) is 0 Å². The molecule has 2 aromatic carbocycles. The molecule has 0 unspecified atom stereocenters. The SMILES string of the molecule is CO[C@H]1/C=C/[C@H](OC)[C@H](C)C[S@](C)(=O)=NC(=O)c2ccc3c(c2)N(C[C@@H]2CC[C@H]21)C[C@@]1(CCCc2cc(C)ccc21)CO3. The first kappa shape index (κ1) is 30.4. The lowest BCUT2D eigenvalue weighted by molar-refractivity contribution is 0.0120. The molecule has 6 rings (SSSR count). The number of nitrogens with zero attached hydrogens (tertiary/aromatic N) is 2. The molecule has 7 atom stereocenters. The Morgan fingerprint density at radius 1 is 1.07 bits per heavy atom. The molecule has 232 valence electrons. The second kappa shape index (κ2) is 12.0. The summed E-state index contributed by atoms with van der Waals surface area (Å²) in [6.07, 6.45) is 11.0. The molecule has 2 heterocycles. The Hall–Kier alpha value is -2.68. The zero-order chi connectivity index (χ0) is 30.4. The molecule has 4 aliphatic rings. The first-order valence-corrected chi connectivity index (χ1v) is 17.8. The van der Waals surface area contributed by atoms with Crippen LogP contribution >= 0.6 is 0 Å². The summed E-state index contributed by atoms with van der Waals surface area (Å²) < 4.78 is 36.3. The van der Waals surface area contributed by atoms with Gasteiger partial charge in [0.2, 0.25) is 0 Å². The van der Waals surface area contributed by atoms with Gasteiger partial charge in [0.1, 0.15) is 5.75 Å². The lowest BCUT2D eigenvalue weighted by Crippen LogP contribution is -2.49. The number of ether oxygens (including phenoxy) is 3. The Labute approximate surface area is 257 Å². The van der Waals surface area contributed by atoms with Gasteiger partial charge in [-0.3, -0.25) is 4.79 Å². The quantitative estimate of drug-likeness (QED) is 0.392. The van der Waals surface area contributed by atoms with E-state index in [4.69, 9.17) is 14.2 Å². The lowest BCUT2D eigenvalue weighted by atomic mass is 9.68. The highest BCUT2D eigenvalue weighted by molar-refractivity contribution is 7.93. The Bertz CT molecular complexity index is 1530. The molecule has 0 aromatic heterocycles. The second-order valence-corrected chi connectivity index (χ2v) is 15.9. The van der Waals surface area contributed by atoms with Crippen molar-refractivity contribution >= 4 is 21.3 Å². The van der Waals surface area contributed by atoms with Crippen LogP contribution in [0, 0.1) is 24.7 Å². The molecule has 7 nitrogen and oxygen atoms in total. The topological polar surface area (TPSA) is 77.4 Å². The number of benzene rings is 2. The minimum atomic E-state index is -2.79. The van der Waals surface area contributed by atoms with Crippen molar-refractivity contribution in [3.05, 3.63) is 70.8 Å². The van der Waals surface area contributed by atoms with Gasteiger partial charge in [-0.25, -0.2) is 4.21 Å². The number of aryl methyl sites for hydroxylation is 2. The molecule has 1 spiro atoms. The van der Waals surface area contributed by atoms with E-state index in [1.165, 1.54) is 16.7 Å². The van der Waals surface area contributed by atoms with Crippen molar-refractivity contribution in [2.24, 2.45) is 22.1 Å². The Kier molecular flexibility index (Phi) is 8.48. The molecule has 2 aliphatic carbocycles. The maximum atomic E-state index is 13.6. The van der Waals surface area contributed by atoms with Crippen LogP contribution in [0.5, 0.6) is 5.75 Å². The molecule has 0 saturated heterocycles. The summed E-state index contributed by atoms with van der Waals surface area (Å²) in [4.78, 5) is 16.0. The fourth-order valence-electron chi connectivity index (χ4n) is 7.91. The number of hydrogen-bond donors (Lipinski definition) is 0. The highest BCUT2D eigenvalue weighted by Crippen LogP contribution is 2.47. The van der Waals surface area contributed by atoms with Crippen molar-refractivity contribution in [3.63, 3.8) is 0 Å². The van der Waals surface area contributed by atoms with E-state index >= 15 is 0 Å². The third-order valence-electron chi connectivity index (χ3n) is 10.3. The van der Waals surface area contributed by atoms with E-state index in [2.05, 4.69) is 40.5 Å². The van der Waals surface area contributed by atoms with Gasteiger partial charge >= 0.3 is 0 Å². The normalized spacial score (nSPS) is 35.0. The van der Waals surface area contributed by atoms with E-state index in [1.807, 2.05) is 25.1 Å². The maximum absolute atomic E-state index is 13.6. The van der Waals surface area contributed by atoms with E-state index in [9.17, 15) is 9.00 Å². The van der Waals surface area contributed by atoms with E-state index in [0.717, 1.165) is 56.6 Å². The molecule has 8 heteroatoms. The molecule has 1 fully saturated rings. The largest absolute Gasteiger partial charge is 0.490 e. The number of amides is 1. The van der Waals surface area contributed by atoms with Gasteiger partial charge in [-0.05, 0) is 86.1 Å². The average Bonchev–Trinajstić information content (AvgIpc) is 3.10. The summed E-state index contributed by atoms with van der Waals surface area (Å²) in [6.45, 7) is 6.42. The van der Waals surface area contributed by atoms with E-state index in [1.54, 1.807) is 26.5 Å². The zero-order valence-corrected chi connectivity index (χ0v) is 27.0. The molecule has 1 saturated carbocycles. The molecule has 2 aliphatic heterocycles. The van der Waals surface area contributed by atoms with Crippen LogP contribution in [0.3, 0.4) is 0 Å². The van der Waals surface area contributed by atoms with Gasteiger partial charge in [0.15, 0.2) is 0 Å². The van der Waals surface area contributed by atoms with Crippen molar-refractivity contribution in [2.75, 3.05) is 50.8 Å². The van der Waals surface area contributed by atoms with Crippen LogP contribution in [-0.2, 0) is 31.0 Å². The number of carbonyl (C=O) groups is 1. The van der Waals surface area contributed by atoms with Gasteiger partial charge in [0.25, 0.3) is 5.91 Å². The molecule has 0 N–H and O–H groups in total. The molecular weight excluding hydrogens is 560 g/mol. The summed E-state index contributed by atoms with van der Waals surface area (Å²) in [5.74, 6) is 1.32. The number of fused-ring (bicyclic) bond motifs is 4. The van der Waals surface area contributed by atoms with Gasteiger partial charge in [-0.15, -0.1) is 0 Å². The number of rotatable bonds is 2. The summed E-state index contributed by atoms with van der Waals surface area (Å²) in [5, 5.41) is 0. The number of hydrogen-bond acceptors (Lipinski definition) is 6. The first-order chi connectivity index (χ1) is 20.6. The molecule has 0 radical (unpaired) electrons. The third kappa shape index (κ3) is 6.03. The van der Waals surface area contributed by atoms with E-state index in [0.29, 0.717) is 24.0 Å². The third-order valence-corrected chi connectivity index (χ3v) is 12.0. The molecule has 1 amide bonds. The van der Waals surface area contributed by atoms with Gasteiger partial charge in [0, 0.05) is 50.3 Å². The predicted octanol–water partition coefficient (Wildman–Crippen LogP) is 5.97. The molecule has 43 heavy (non-hydrogen) atoms. The fourth-order valence-corrected chi connectivity index (χ4v) is 9.60. The molecule has 2 bridgehead atoms. The van der Waals surface area contributed by atoms with Crippen molar-refractivity contribution in [1.29, 1.82) is 0 Å². The van der Waals surface area contributed by atoms with Crippen LogP contribution < -0.4 is 9.64 Å². The average molecular weight is 607 g/mol. The highest BCUT2D eigenvalue weighted by Gasteiger charge is 2.44. The molecule has 2 aromatic rings. The van der Waals surface area contributed by atoms with Crippen molar-refractivity contribution in [2.45, 2.75) is 63.6 Å². The van der Waals surface area contributed by atoms with Gasteiger partial charge in [0.05, 0.1) is 34.2 Å². The van der Waals surface area contributed by atoms with Crippen molar-refractivity contribution in [1.82, 2.24) is 0 Å². The lowest BCUT2D eigenvalue weighted by Gasteiger charge is -2.46. The summed E-state index contributed by atoms with van der Waals surface area (Å²) in [5.41, 5.74) is 5.34. The van der Waals surface area contributed by atoms with E-state index < -0.39 is 15.6 Å². The van der Waals surface area contributed by atoms with Crippen LogP contribution in [0.1, 0.15) is 59.7 Å². The zero-order valence-electron chi connectivity index (χ0n) is 26.2. The fraction of sp³-hybridized carbons (Fsp3) is 0.571. The van der Waals surface area contributed by atoms with E-state index in [-0.39, 0.29) is 29.3 Å². The van der Waals surface area contributed by atoms with Crippen LogP contribution in [0.15, 0.2) is 52.9 Å². The Morgan fingerprint density at radius 2 is 1.86 bits per heavy atom. The van der Waals surface area contributed by atoms with Gasteiger partial charge in [-0.2, -0.15) is 4.36 Å². The Morgan fingerprint density at radius 3 is 2.60 bits per heavy atom. The minimum absolute atomic E-state index is 0.0323. The van der Waals surface area contributed by atoms with Crippen LogP contribution in [0.2, 0.25) is 0 Å². The van der Waals surface area contributed by atoms with Crippen LogP contribution in [0.4, 0.5) is 5.69 Å². The van der Waals surface area contributed by atoms with Crippen LogP contribution in [-0.4, -0.2) is 68.2 Å². The monoisotopic (exact) mass is 606 g/mol. The number of anilines is 1. The highest BCUT2D eigenvalue weighted by atomic mass is 32.2. The maximum Gasteiger partial charge on any atom is 0.285 e. The first-order valence-electron chi connectivity index (χ1n) is 15.7. The standard InChI is InChI=1S/C35H46N2O5S/c1-23-8-12-29-25(17-23)7-6-16-35(29)21-37-19-27-9-11-28(27)32(41-4)15-14-31(40-3)24(2)20-43(5,39)36-34(38)26-10-13-33(42-22-35)30(37)18-26/h8,10,12-15,17-18,24,27-28,31-32H,6-7,9,11,16,19-22H2,1-5H3/b15-14+/t24-,27+,28-,31+,32+,35+,43+/m1/s1. The minimum Gasteiger partial charge on any atom is -0.490 e. The van der Waals surface area contributed by atoms with Crippen molar-refractivity contribution in [3.8, 4) is 5.75 Å². The summed E-state index contributed by atoms with van der Waals surface area (Å²) in [6, 6.07) is 12.5. The number of carbonyl (C=O) groups excluding carboxylic acids is 1. The molecular formula is C35H46N2O5S. The summed E-state index contributed by atoms with van der Waals surface area (Å²) >= 11 is 0. The number of methoxy groups -OCH3 is 2. The second-order valence-electron chi connectivity index (χ2n) is 13.4. The van der Waals surface area contributed by atoms with Gasteiger partial charge < -0.3 is 19.1 Å².